The molecule has 0 radical (unpaired) electrons. The van der Waals surface area contributed by atoms with Crippen molar-refractivity contribution in [2.24, 2.45) is 5.73 Å². The van der Waals surface area contributed by atoms with Gasteiger partial charge in [-0.1, -0.05) is 31.5 Å². The second kappa shape index (κ2) is 6.59. The fraction of sp³-hybridized carbons (Fsp3) is 0.333. The summed E-state index contributed by atoms with van der Waals surface area (Å²) in [5.74, 6) is -0.00234. The number of carbonyl (C=O) groups excluding carboxylic acids is 1. The summed E-state index contributed by atoms with van der Waals surface area (Å²) < 4.78 is 0. The van der Waals surface area contributed by atoms with Gasteiger partial charge in [-0.2, -0.15) is 0 Å². The highest BCUT2D eigenvalue weighted by Crippen LogP contribution is 2.16. The van der Waals surface area contributed by atoms with E-state index in [0.717, 1.165) is 29.8 Å². The van der Waals surface area contributed by atoms with Crippen molar-refractivity contribution in [2.75, 3.05) is 6.54 Å². The van der Waals surface area contributed by atoms with Crippen molar-refractivity contribution < 1.29 is 4.79 Å². The number of nitrogens with zero attached hydrogens (tertiary/aromatic N) is 1. The summed E-state index contributed by atoms with van der Waals surface area (Å²) in [5, 5.41) is 2.75. The van der Waals surface area contributed by atoms with Crippen LogP contribution < -0.4 is 5.73 Å². The molecule has 100 valence electrons. The van der Waals surface area contributed by atoms with Gasteiger partial charge in [-0.05, 0) is 24.6 Å². The average Bonchev–Trinajstić information content (AvgIpc) is 2.88. The predicted octanol–water partition coefficient (Wildman–Crippen LogP) is 2.83. The van der Waals surface area contributed by atoms with Crippen molar-refractivity contribution in [2.45, 2.75) is 26.2 Å². The number of aromatic nitrogens is 1. The van der Waals surface area contributed by atoms with Crippen molar-refractivity contribution in [3.8, 4) is 0 Å². The molecular formula is C15H18N2OS. The first-order valence-electron chi connectivity index (χ1n) is 6.52. The number of nitrogens with two attached hydrogens (primary N) is 1. The first-order valence-corrected chi connectivity index (χ1v) is 7.40. The van der Waals surface area contributed by atoms with Crippen molar-refractivity contribution in [3.05, 3.63) is 51.5 Å². The van der Waals surface area contributed by atoms with E-state index in [9.17, 15) is 4.79 Å². The van der Waals surface area contributed by atoms with Gasteiger partial charge in [0.25, 0.3) is 0 Å². The summed E-state index contributed by atoms with van der Waals surface area (Å²) in [7, 11) is 0. The Morgan fingerprint density at radius 3 is 2.95 bits per heavy atom. The standard InChI is InChI=1S/C15H18N2OS/c1-2-4-11-5-3-6-12(9-11)15(18)13-10-19-14(17-13)7-8-16/h3,5-6,9-10H,2,4,7-8,16H2,1H3. The van der Waals surface area contributed by atoms with Crippen molar-refractivity contribution in [3.63, 3.8) is 0 Å². The van der Waals surface area contributed by atoms with Gasteiger partial charge < -0.3 is 5.73 Å². The SMILES string of the molecule is CCCc1cccc(C(=O)c2csc(CCN)n2)c1. The lowest BCUT2D eigenvalue weighted by molar-refractivity contribution is 0.103. The Kier molecular flexibility index (Phi) is 4.82. The first-order chi connectivity index (χ1) is 9.24. The summed E-state index contributed by atoms with van der Waals surface area (Å²) in [6.07, 6.45) is 2.80. The van der Waals surface area contributed by atoms with Crippen LogP contribution in [0.1, 0.15) is 40.0 Å². The monoisotopic (exact) mass is 274 g/mol. The molecule has 0 atom stereocenters. The Bertz CT molecular complexity index is 563. The summed E-state index contributed by atoms with van der Waals surface area (Å²) >= 11 is 1.50. The van der Waals surface area contributed by atoms with Crippen molar-refractivity contribution >= 4 is 17.1 Å². The van der Waals surface area contributed by atoms with E-state index < -0.39 is 0 Å². The summed E-state index contributed by atoms with van der Waals surface area (Å²) in [4.78, 5) is 16.7. The molecule has 1 aromatic heterocycles. The number of thiazole rings is 1. The lowest BCUT2D eigenvalue weighted by Crippen LogP contribution is -2.05. The fourth-order valence-corrected chi connectivity index (χ4v) is 2.75. The third-order valence-corrected chi connectivity index (χ3v) is 3.78. The molecule has 0 spiro atoms. The zero-order valence-corrected chi connectivity index (χ0v) is 11.9. The van der Waals surface area contributed by atoms with Gasteiger partial charge in [0.2, 0.25) is 5.78 Å². The zero-order chi connectivity index (χ0) is 13.7. The van der Waals surface area contributed by atoms with Crippen LogP contribution in [-0.2, 0) is 12.8 Å². The fourth-order valence-electron chi connectivity index (χ4n) is 1.96. The van der Waals surface area contributed by atoms with Crippen LogP contribution in [0.3, 0.4) is 0 Å². The maximum Gasteiger partial charge on any atom is 0.212 e. The topological polar surface area (TPSA) is 56.0 Å². The Balaban J connectivity index is 2.20. The summed E-state index contributed by atoms with van der Waals surface area (Å²) in [5.41, 5.74) is 7.94. The smallest absolute Gasteiger partial charge is 0.212 e. The van der Waals surface area contributed by atoms with Gasteiger partial charge in [0.05, 0.1) is 5.01 Å². The van der Waals surface area contributed by atoms with Crippen LogP contribution in [-0.4, -0.2) is 17.3 Å². The van der Waals surface area contributed by atoms with Gasteiger partial charge in [-0.3, -0.25) is 4.79 Å². The van der Waals surface area contributed by atoms with Crippen LogP contribution in [0.5, 0.6) is 0 Å². The van der Waals surface area contributed by atoms with E-state index in [-0.39, 0.29) is 5.78 Å². The van der Waals surface area contributed by atoms with E-state index in [0.29, 0.717) is 12.2 Å². The third-order valence-electron chi connectivity index (χ3n) is 2.87. The molecule has 3 nitrogen and oxygen atoms in total. The molecule has 2 rings (SSSR count). The Morgan fingerprint density at radius 2 is 2.21 bits per heavy atom. The number of ketones is 1. The maximum atomic E-state index is 12.3. The van der Waals surface area contributed by atoms with E-state index in [2.05, 4.69) is 18.0 Å². The van der Waals surface area contributed by atoms with Crippen LogP contribution in [0.4, 0.5) is 0 Å². The third kappa shape index (κ3) is 3.49. The van der Waals surface area contributed by atoms with Gasteiger partial charge in [0, 0.05) is 17.4 Å². The number of hydrogen-bond donors (Lipinski definition) is 1. The number of hydrogen-bond acceptors (Lipinski definition) is 4. The number of benzene rings is 1. The van der Waals surface area contributed by atoms with Crippen molar-refractivity contribution in [1.29, 1.82) is 0 Å². The molecule has 0 saturated heterocycles. The van der Waals surface area contributed by atoms with Gasteiger partial charge in [-0.15, -0.1) is 11.3 Å². The zero-order valence-electron chi connectivity index (χ0n) is 11.1. The molecule has 0 unspecified atom stereocenters. The minimum absolute atomic E-state index is 0.00234. The lowest BCUT2D eigenvalue weighted by atomic mass is 10.0. The van der Waals surface area contributed by atoms with Crippen LogP contribution in [0, 0.1) is 0 Å². The first kappa shape index (κ1) is 13.9. The normalized spacial score (nSPS) is 10.6. The minimum atomic E-state index is -0.00234. The summed E-state index contributed by atoms with van der Waals surface area (Å²) in [6.45, 7) is 2.70. The molecule has 0 aliphatic heterocycles. The predicted molar refractivity (Wildman–Crippen MR) is 78.7 cm³/mol. The Labute approximate surface area is 117 Å². The molecule has 0 saturated carbocycles. The molecule has 0 bridgehead atoms. The van der Waals surface area contributed by atoms with Crippen LogP contribution in [0.15, 0.2) is 29.6 Å². The van der Waals surface area contributed by atoms with Crippen LogP contribution in [0.2, 0.25) is 0 Å². The molecule has 1 heterocycles. The van der Waals surface area contributed by atoms with E-state index in [1.165, 1.54) is 16.9 Å². The second-order valence-corrected chi connectivity index (χ2v) is 5.39. The van der Waals surface area contributed by atoms with Gasteiger partial charge in [0.1, 0.15) is 5.69 Å². The highest BCUT2D eigenvalue weighted by molar-refractivity contribution is 7.09. The highest BCUT2D eigenvalue weighted by Gasteiger charge is 2.13. The molecule has 2 aromatic rings. The minimum Gasteiger partial charge on any atom is -0.330 e. The molecule has 19 heavy (non-hydrogen) atoms. The molecule has 1 aromatic carbocycles. The molecule has 0 aliphatic carbocycles. The average molecular weight is 274 g/mol. The van der Waals surface area contributed by atoms with Crippen LogP contribution >= 0.6 is 11.3 Å². The molecule has 2 N–H and O–H groups in total. The molecule has 0 aliphatic rings. The summed E-state index contributed by atoms with van der Waals surface area (Å²) in [6, 6.07) is 7.81. The van der Waals surface area contributed by atoms with E-state index in [4.69, 9.17) is 5.73 Å². The second-order valence-electron chi connectivity index (χ2n) is 4.44. The highest BCUT2D eigenvalue weighted by atomic mass is 32.1. The van der Waals surface area contributed by atoms with Gasteiger partial charge in [0.15, 0.2) is 0 Å². The van der Waals surface area contributed by atoms with Crippen molar-refractivity contribution in [1.82, 2.24) is 4.98 Å². The van der Waals surface area contributed by atoms with Gasteiger partial charge in [-0.25, -0.2) is 4.98 Å². The largest absolute Gasteiger partial charge is 0.330 e. The number of carbonyl (C=O) groups is 1. The molecule has 0 fully saturated rings. The maximum absolute atomic E-state index is 12.3. The molecular weight excluding hydrogens is 256 g/mol. The van der Waals surface area contributed by atoms with Gasteiger partial charge >= 0.3 is 0 Å². The molecule has 4 heteroatoms. The molecule has 0 amide bonds. The Morgan fingerprint density at radius 1 is 1.37 bits per heavy atom. The van der Waals surface area contributed by atoms with Crippen LogP contribution in [0.25, 0.3) is 0 Å². The quantitative estimate of drug-likeness (QED) is 0.824. The van der Waals surface area contributed by atoms with E-state index in [1.54, 1.807) is 0 Å². The Hall–Kier alpha value is -1.52. The lowest BCUT2D eigenvalue weighted by Gasteiger charge is -2.02. The van der Waals surface area contributed by atoms with E-state index in [1.807, 2.05) is 23.6 Å². The van der Waals surface area contributed by atoms with E-state index >= 15 is 0 Å². The number of aryl methyl sites for hydroxylation is 1. The number of rotatable bonds is 6.